The van der Waals surface area contributed by atoms with Gasteiger partial charge in [-0.2, -0.15) is 0 Å². The fourth-order valence-electron chi connectivity index (χ4n) is 8.42. The Morgan fingerprint density at radius 1 is 0.590 bits per heavy atom. The highest BCUT2D eigenvalue weighted by Gasteiger charge is 2.32. The van der Waals surface area contributed by atoms with E-state index >= 15 is 0 Å². The van der Waals surface area contributed by atoms with Gasteiger partial charge in [0, 0.05) is 63.7 Å². The number of aliphatic carboxylic acids is 2. The molecule has 1 rings (SSSR count). The van der Waals surface area contributed by atoms with Crippen LogP contribution in [0.5, 0.6) is 0 Å². The molecule has 0 bridgehead atoms. The summed E-state index contributed by atoms with van der Waals surface area (Å²) in [6.07, 6.45) is 19.3. The zero-order valence-corrected chi connectivity index (χ0v) is 49.5. The Morgan fingerprint density at radius 3 is 1.75 bits per heavy atom. The van der Waals surface area contributed by atoms with E-state index in [1.165, 1.54) is 45.4 Å². The number of aliphatic hydroxyl groups is 1. The Morgan fingerprint density at radius 2 is 1.17 bits per heavy atom. The highest BCUT2D eigenvalue weighted by molar-refractivity contribution is 5.94. The lowest BCUT2D eigenvalue weighted by Gasteiger charge is -2.27. The second kappa shape index (κ2) is 47.4. The molecule has 0 saturated carbocycles. The number of H-pyrrole nitrogens is 1. The van der Waals surface area contributed by atoms with Crippen LogP contribution in [0.4, 0.5) is 0 Å². The van der Waals surface area contributed by atoms with Crippen LogP contribution in [0.2, 0.25) is 0 Å². The number of carboxylic acid groups (broad SMARTS) is 2. The van der Waals surface area contributed by atoms with Crippen LogP contribution < -0.4 is 37.6 Å². The normalized spacial score (nSPS) is 12.8. The molecule has 6 amide bonds. The summed E-state index contributed by atoms with van der Waals surface area (Å²) in [6, 6.07) is -3.52. The van der Waals surface area contributed by atoms with Crippen LogP contribution in [0, 0.1) is 0 Å². The van der Waals surface area contributed by atoms with E-state index in [1.807, 2.05) is 0 Å². The molecule has 26 heteroatoms. The van der Waals surface area contributed by atoms with Crippen molar-refractivity contribution in [1.82, 2.24) is 41.9 Å². The number of hydrogen-bond acceptors (Lipinski definition) is 17. The molecule has 0 aliphatic carbocycles. The molecule has 0 aliphatic rings. The number of ether oxygens (including phenoxy) is 4. The first kappa shape index (κ1) is 75.1. The Bertz CT molecular complexity index is 2030. The van der Waals surface area contributed by atoms with Crippen molar-refractivity contribution in [2.24, 2.45) is 5.73 Å². The van der Waals surface area contributed by atoms with Gasteiger partial charge in [-0.15, -0.1) is 0 Å². The molecule has 0 fully saturated rings. The number of aliphatic hydroxyl groups excluding tert-OH is 1. The van der Waals surface area contributed by atoms with Crippen LogP contribution >= 0.6 is 0 Å². The van der Waals surface area contributed by atoms with Gasteiger partial charge in [-0.05, 0) is 72.1 Å². The summed E-state index contributed by atoms with van der Waals surface area (Å²) in [6.45, 7) is 5.36. The van der Waals surface area contributed by atoms with Crippen LogP contribution in [0.3, 0.4) is 0 Å². The summed E-state index contributed by atoms with van der Waals surface area (Å²) < 4.78 is 21.7. The third-order valence-electron chi connectivity index (χ3n) is 13.4. The number of hydrogen-bond donors (Lipinski definition) is 11. The third-order valence-corrected chi connectivity index (χ3v) is 13.4. The molecule has 26 nitrogen and oxygen atoms in total. The van der Waals surface area contributed by atoms with Crippen LogP contribution in [-0.2, 0) is 73.3 Å². The summed E-state index contributed by atoms with van der Waals surface area (Å²) in [7, 11) is 0. The molecule has 1 heterocycles. The lowest BCUT2D eigenvalue weighted by molar-refractivity contribution is -0.142. The molecule has 1 aromatic heterocycles. The summed E-state index contributed by atoms with van der Waals surface area (Å²) >= 11 is 0. The van der Waals surface area contributed by atoms with Crippen molar-refractivity contribution in [2.75, 3.05) is 72.5 Å². The maximum atomic E-state index is 13.2. The van der Waals surface area contributed by atoms with Gasteiger partial charge in [0.1, 0.15) is 25.3 Å². The van der Waals surface area contributed by atoms with Gasteiger partial charge in [-0.3, -0.25) is 48.5 Å². The number of unbranched alkanes of at least 4 members (excludes halogenated alkanes) is 14. The minimum Gasteiger partial charge on any atom is -0.481 e. The van der Waals surface area contributed by atoms with E-state index in [1.54, 1.807) is 20.0 Å². The molecule has 4 atom stereocenters. The monoisotopic (exact) mass is 1180 g/mol. The van der Waals surface area contributed by atoms with Crippen LogP contribution in [0.15, 0.2) is 12.5 Å². The Hall–Kier alpha value is -5.93. The SMILES string of the molecule is C[C@@H](O)[C@H](NC(=O)[C@H](CCCCNC(=O)COCCOCCCC(=O)COCCOCCNC(=O)CC[C@H](NC(=O)CCCCCCCCCCCCCCCCC(=O)O)C(=O)O)NCC(=O)C(C)(C)NC(=O)CCc1cnc[nH]1)C(N)=O. The summed E-state index contributed by atoms with van der Waals surface area (Å²) in [4.78, 5) is 129. The number of nitrogens with two attached hydrogens (primary N) is 1. The Kier molecular flexibility index (Phi) is 42.9. The summed E-state index contributed by atoms with van der Waals surface area (Å²) in [5, 5.41) is 44.2. The number of aromatic amines is 1. The second-order valence-corrected chi connectivity index (χ2v) is 21.2. The largest absolute Gasteiger partial charge is 0.481 e. The number of primary amides is 1. The van der Waals surface area contributed by atoms with E-state index in [4.69, 9.17) is 29.8 Å². The lowest BCUT2D eigenvalue weighted by atomic mass is 9.97. The van der Waals surface area contributed by atoms with E-state index in [0.29, 0.717) is 38.7 Å². The average Bonchev–Trinajstić information content (AvgIpc) is 4.07. The third kappa shape index (κ3) is 41.7. The lowest BCUT2D eigenvalue weighted by Crippen LogP contribution is -2.58. The minimum atomic E-state index is -1.37. The molecule has 12 N–H and O–H groups in total. The van der Waals surface area contributed by atoms with Gasteiger partial charge in [0.2, 0.25) is 35.4 Å². The first-order valence-electron chi connectivity index (χ1n) is 29.6. The number of Topliss-reactive ketones (excluding diaryl/α,β-unsaturated/α-hetero) is 2. The van der Waals surface area contributed by atoms with E-state index in [0.717, 1.165) is 57.1 Å². The van der Waals surface area contributed by atoms with Gasteiger partial charge in [-0.1, -0.05) is 77.0 Å². The average molecular weight is 1180 g/mol. The molecule has 0 radical (unpaired) electrons. The van der Waals surface area contributed by atoms with E-state index in [2.05, 4.69) is 41.9 Å². The molecular weight excluding hydrogens is 1080 g/mol. The number of ketones is 2. The van der Waals surface area contributed by atoms with Gasteiger partial charge >= 0.3 is 11.9 Å². The van der Waals surface area contributed by atoms with Crippen molar-refractivity contribution in [3.05, 3.63) is 18.2 Å². The van der Waals surface area contributed by atoms with E-state index in [9.17, 15) is 58.2 Å². The molecule has 474 valence electrons. The van der Waals surface area contributed by atoms with Crippen LogP contribution in [0.25, 0.3) is 0 Å². The van der Waals surface area contributed by atoms with Crippen molar-refractivity contribution in [1.29, 1.82) is 0 Å². The van der Waals surface area contributed by atoms with Crippen molar-refractivity contribution in [3.8, 4) is 0 Å². The van der Waals surface area contributed by atoms with Gasteiger partial charge < -0.3 is 71.6 Å². The maximum absolute atomic E-state index is 13.2. The number of nitrogens with one attached hydrogen (secondary N) is 7. The smallest absolute Gasteiger partial charge is 0.326 e. The number of carbonyl (C=O) groups excluding carboxylic acids is 8. The number of carboxylic acids is 2. The second-order valence-electron chi connectivity index (χ2n) is 21.2. The van der Waals surface area contributed by atoms with Crippen molar-refractivity contribution < 1.29 is 82.2 Å². The van der Waals surface area contributed by atoms with Crippen LogP contribution in [-0.4, -0.2) is 186 Å². The number of carbonyl (C=O) groups is 10. The standard InChI is InChI=1S/C57H99N9O17/c1-42(67)53(54(58)76)65-55(77)45(62-38-47(69)57(2,3)66-50(72)27-25-43-37-59-41-63-43)22-18-19-29-60-51(73)40-83-36-33-80-31-20-21-44(68)39-82-35-34-81-32-30-61-48(70)28-26-46(56(78)79)64-49(71)23-16-14-12-10-8-6-4-5-7-9-11-13-15-17-24-52(74)75/h37,41-42,45-46,53,62,67H,4-36,38-40H2,1-3H3,(H2,58,76)(H,59,63)(H,60,73)(H,61,70)(H,64,71)(H,65,77)(H,66,72)(H,74,75)(H,78,79)/t42-,45+,46+,53+/m1/s1. The Labute approximate surface area is 489 Å². The van der Waals surface area contributed by atoms with Gasteiger partial charge in [0.25, 0.3) is 0 Å². The predicted molar refractivity (Wildman–Crippen MR) is 306 cm³/mol. The zero-order chi connectivity index (χ0) is 61.5. The fraction of sp³-hybridized carbons (Fsp3) is 0.772. The minimum absolute atomic E-state index is 0.0475. The van der Waals surface area contributed by atoms with Crippen molar-refractivity contribution in [3.63, 3.8) is 0 Å². The van der Waals surface area contributed by atoms with Gasteiger partial charge in [-0.25, -0.2) is 9.78 Å². The molecule has 0 aromatic carbocycles. The summed E-state index contributed by atoms with van der Waals surface area (Å²) in [5.74, 6) is -5.51. The number of rotatable bonds is 56. The van der Waals surface area contributed by atoms with Gasteiger partial charge in [0.15, 0.2) is 11.6 Å². The quantitative estimate of drug-likeness (QED) is 0.0418. The molecule has 0 aliphatic heterocycles. The van der Waals surface area contributed by atoms with E-state index in [-0.39, 0.29) is 140 Å². The topological polar surface area (TPSA) is 395 Å². The zero-order valence-electron chi connectivity index (χ0n) is 49.5. The predicted octanol–water partition coefficient (Wildman–Crippen LogP) is 2.61. The van der Waals surface area contributed by atoms with E-state index < -0.39 is 59.3 Å². The highest BCUT2D eigenvalue weighted by atomic mass is 16.5. The molecule has 1 aromatic rings. The van der Waals surface area contributed by atoms with Gasteiger partial charge in [0.05, 0.1) is 63.6 Å². The maximum Gasteiger partial charge on any atom is 0.326 e. The molecule has 0 spiro atoms. The molecule has 83 heavy (non-hydrogen) atoms. The highest BCUT2D eigenvalue weighted by Crippen LogP contribution is 2.15. The number of imidazole rings is 1. The van der Waals surface area contributed by atoms with Crippen molar-refractivity contribution >= 4 is 58.9 Å². The van der Waals surface area contributed by atoms with Crippen LogP contribution in [0.1, 0.15) is 181 Å². The summed E-state index contributed by atoms with van der Waals surface area (Å²) in [5.41, 5.74) is 4.85. The van der Waals surface area contributed by atoms with Crippen molar-refractivity contribution in [2.45, 2.75) is 211 Å². The first-order valence-corrected chi connectivity index (χ1v) is 29.6. The Balaban J connectivity index is 2.11. The first-order chi connectivity index (χ1) is 39.7. The number of amides is 6. The molecule has 0 saturated heterocycles. The number of aromatic nitrogens is 2. The fourth-order valence-corrected chi connectivity index (χ4v) is 8.42. The molecular formula is C57H99N9O17. The number of aryl methyl sites for hydroxylation is 1. The number of nitrogens with zero attached hydrogens (tertiary/aromatic N) is 1. The molecule has 0 unspecified atom stereocenters.